The van der Waals surface area contributed by atoms with E-state index in [1.807, 2.05) is 49.1 Å². The molecule has 1 fully saturated rings. The molecular formula is C19H23N5S. The maximum Gasteiger partial charge on any atom is 0.0949 e. The molecule has 3 atom stereocenters. The van der Waals surface area contributed by atoms with E-state index in [4.69, 9.17) is 0 Å². The van der Waals surface area contributed by atoms with Crippen LogP contribution in [0, 0.1) is 0 Å². The van der Waals surface area contributed by atoms with Crippen LogP contribution < -0.4 is 0 Å². The third kappa shape index (κ3) is 3.79. The maximum absolute atomic E-state index is 4.49. The number of rotatable bonds is 5. The van der Waals surface area contributed by atoms with Gasteiger partial charge in [0.15, 0.2) is 0 Å². The second kappa shape index (κ2) is 7.87. The molecule has 0 radical (unpaired) electrons. The second-order valence-corrected chi connectivity index (χ2v) is 7.76. The quantitative estimate of drug-likeness (QED) is 0.647. The van der Waals surface area contributed by atoms with Crippen LogP contribution in [-0.2, 0) is 5.75 Å². The lowest BCUT2D eigenvalue weighted by atomic mass is 10.0. The highest BCUT2D eigenvalue weighted by Gasteiger charge is 2.34. The van der Waals surface area contributed by atoms with Gasteiger partial charge in [0, 0.05) is 42.0 Å². The van der Waals surface area contributed by atoms with Crippen molar-refractivity contribution >= 4 is 11.8 Å². The van der Waals surface area contributed by atoms with Gasteiger partial charge in [0.1, 0.15) is 0 Å². The fourth-order valence-corrected chi connectivity index (χ4v) is 5.18. The molecule has 0 aromatic carbocycles. The first-order valence-corrected chi connectivity index (χ1v) is 9.93. The summed E-state index contributed by atoms with van der Waals surface area (Å²) in [6, 6.07) is 6.96. The summed E-state index contributed by atoms with van der Waals surface area (Å²) in [6.45, 7) is 0. The van der Waals surface area contributed by atoms with Crippen LogP contribution in [-0.4, -0.2) is 29.3 Å². The van der Waals surface area contributed by atoms with Crippen LogP contribution in [0.25, 0.3) is 0 Å². The first kappa shape index (κ1) is 16.4. The van der Waals surface area contributed by atoms with Gasteiger partial charge in [-0.15, -0.1) is 11.8 Å². The molecule has 5 nitrogen and oxygen atoms in total. The van der Waals surface area contributed by atoms with Crippen LogP contribution in [0.3, 0.4) is 0 Å². The highest BCUT2D eigenvalue weighted by atomic mass is 32.2. The standard InChI is InChI=1S/C19H23N5S/c1-2-7-18(25-13-16-5-3-4-8-22-16)19(24-12-10-21-15-24)17(6-1)23-11-9-20-14-23/h3-5,8-12,14-15,17-19H,1-2,6-7,13H2. The Bertz CT molecular complexity index is 741. The lowest BCUT2D eigenvalue weighted by Gasteiger charge is -2.33. The summed E-state index contributed by atoms with van der Waals surface area (Å²) in [5, 5.41) is 0.533. The summed E-state index contributed by atoms with van der Waals surface area (Å²) >= 11 is 2.03. The van der Waals surface area contributed by atoms with Gasteiger partial charge >= 0.3 is 0 Å². The van der Waals surface area contributed by atoms with Crippen molar-refractivity contribution in [3.8, 4) is 0 Å². The highest BCUT2D eigenvalue weighted by molar-refractivity contribution is 7.99. The predicted molar refractivity (Wildman–Crippen MR) is 100 cm³/mol. The Morgan fingerprint density at radius 2 is 1.76 bits per heavy atom. The van der Waals surface area contributed by atoms with Gasteiger partial charge in [0.25, 0.3) is 0 Å². The van der Waals surface area contributed by atoms with Crippen molar-refractivity contribution in [2.24, 2.45) is 0 Å². The zero-order valence-electron chi connectivity index (χ0n) is 14.2. The molecule has 0 amide bonds. The number of hydrogen-bond acceptors (Lipinski definition) is 4. The molecule has 25 heavy (non-hydrogen) atoms. The molecule has 3 aromatic rings. The predicted octanol–water partition coefficient (Wildman–Crippen LogP) is 4.13. The minimum absolute atomic E-state index is 0.382. The van der Waals surface area contributed by atoms with E-state index in [0.29, 0.717) is 17.3 Å². The monoisotopic (exact) mass is 353 g/mol. The Hall–Kier alpha value is -2.08. The molecular weight excluding hydrogens is 330 g/mol. The van der Waals surface area contributed by atoms with Gasteiger partial charge in [0.05, 0.1) is 30.4 Å². The molecule has 3 unspecified atom stereocenters. The zero-order valence-corrected chi connectivity index (χ0v) is 15.0. The van der Waals surface area contributed by atoms with E-state index in [-0.39, 0.29) is 0 Å². The van der Waals surface area contributed by atoms with E-state index in [0.717, 1.165) is 11.4 Å². The van der Waals surface area contributed by atoms with Gasteiger partial charge in [-0.05, 0) is 25.0 Å². The van der Waals surface area contributed by atoms with Crippen LogP contribution in [0.15, 0.2) is 61.8 Å². The van der Waals surface area contributed by atoms with E-state index in [1.54, 1.807) is 0 Å². The normalized spacial score (nSPS) is 24.1. The molecule has 1 saturated carbocycles. The lowest BCUT2D eigenvalue weighted by molar-refractivity contribution is 0.313. The van der Waals surface area contributed by atoms with Gasteiger partial charge < -0.3 is 9.13 Å². The Balaban J connectivity index is 1.60. The molecule has 6 heteroatoms. The Morgan fingerprint density at radius 1 is 0.960 bits per heavy atom. The van der Waals surface area contributed by atoms with E-state index in [9.17, 15) is 0 Å². The van der Waals surface area contributed by atoms with E-state index >= 15 is 0 Å². The summed E-state index contributed by atoms with van der Waals surface area (Å²) in [6.07, 6.45) is 18.7. The maximum atomic E-state index is 4.49. The number of nitrogens with zero attached hydrogens (tertiary/aromatic N) is 5. The highest BCUT2D eigenvalue weighted by Crippen LogP contribution is 2.42. The van der Waals surface area contributed by atoms with Crippen molar-refractivity contribution in [3.63, 3.8) is 0 Å². The molecule has 130 valence electrons. The molecule has 0 bridgehead atoms. The summed E-state index contributed by atoms with van der Waals surface area (Å²) in [5.74, 6) is 0.952. The SMILES string of the molecule is c1ccc(CSC2CCCCC(n3ccnc3)C2n2ccnc2)nc1. The van der Waals surface area contributed by atoms with Crippen molar-refractivity contribution in [1.82, 2.24) is 24.1 Å². The van der Waals surface area contributed by atoms with Gasteiger partial charge in [-0.1, -0.05) is 18.9 Å². The Kier molecular flexibility index (Phi) is 5.16. The number of hydrogen-bond donors (Lipinski definition) is 0. The van der Waals surface area contributed by atoms with E-state index < -0.39 is 0 Å². The van der Waals surface area contributed by atoms with E-state index in [1.165, 1.54) is 25.7 Å². The fraction of sp³-hybridized carbons (Fsp3) is 0.421. The first-order chi connectivity index (χ1) is 12.4. The molecule has 0 aliphatic heterocycles. The number of thioether (sulfide) groups is 1. The third-order valence-corrected chi connectivity index (χ3v) is 6.37. The number of pyridine rings is 1. The Morgan fingerprint density at radius 3 is 2.48 bits per heavy atom. The van der Waals surface area contributed by atoms with Crippen LogP contribution >= 0.6 is 11.8 Å². The van der Waals surface area contributed by atoms with Crippen molar-refractivity contribution in [2.45, 2.75) is 48.8 Å². The van der Waals surface area contributed by atoms with Gasteiger partial charge in [-0.3, -0.25) is 4.98 Å². The minimum atomic E-state index is 0.382. The van der Waals surface area contributed by atoms with Gasteiger partial charge in [-0.25, -0.2) is 9.97 Å². The van der Waals surface area contributed by atoms with Crippen LogP contribution in [0.5, 0.6) is 0 Å². The lowest BCUT2D eigenvalue weighted by Crippen LogP contribution is -2.29. The fourth-order valence-electron chi connectivity index (χ4n) is 3.77. The molecule has 0 N–H and O–H groups in total. The summed E-state index contributed by atoms with van der Waals surface area (Å²) in [7, 11) is 0. The van der Waals surface area contributed by atoms with Crippen LogP contribution in [0.1, 0.15) is 43.5 Å². The number of imidazole rings is 2. The molecule has 3 aromatic heterocycles. The molecule has 4 rings (SSSR count). The van der Waals surface area contributed by atoms with Crippen LogP contribution in [0.2, 0.25) is 0 Å². The average Bonchev–Trinajstić information content (AvgIpc) is 3.33. The molecule has 1 aliphatic rings. The minimum Gasteiger partial charge on any atom is -0.332 e. The number of aromatic nitrogens is 5. The largest absolute Gasteiger partial charge is 0.332 e. The Labute approximate surface area is 152 Å². The smallest absolute Gasteiger partial charge is 0.0949 e. The third-order valence-electron chi connectivity index (χ3n) is 4.96. The summed E-state index contributed by atoms with van der Waals surface area (Å²) < 4.78 is 4.58. The second-order valence-electron chi connectivity index (χ2n) is 6.53. The van der Waals surface area contributed by atoms with Gasteiger partial charge in [-0.2, -0.15) is 0 Å². The summed E-state index contributed by atoms with van der Waals surface area (Å²) in [5.41, 5.74) is 1.15. The molecule has 3 heterocycles. The molecule has 0 spiro atoms. The van der Waals surface area contributed by atoms with Crippen molar-refractivity contribution in [1.29, 1.82) is 0 Å². The van der Waals surface area contributed by atoms with E-state index in [2.05, 4.69) is 48.6 Å². The van der Waals surface area contributed by atoms with Crippen molar-refractivity contribution in [3.05, 3.63) is 67.5 Å². The van der Waals surface area contributed by atoms with Gasteiger partial charge in [0.2, 0.25) is 0 Å². The summed E-state index contributed by atoms with van der Waals surface area (Å²) in [4.78, 5) is 13.1. The topological polar surface area (TPSA) is 48.5 Å². The van der Waals surface area contributed by atoms with Crippen molar-refractivity contribution < 1.29 is 0 Å². The zero-order chi connectivity index (χ0) is 16.9. The van der Waals surface area contributed by atoms with Crippen LogP contribution in [0.4, 0.5) is 0 Å². The molecule has 1 aliphatic carbocycles. The molecule has 0 saturated heterocycles. The first-order valence-electron chi connectivity index (χ1n) is 8.88. The average molecular weight is 353 g/mol. The van der Waals surface area contributed by atoms with Crippen molar-refractivity contribution in [2.75, 3.05) is 0 Å².